The van der Waals surface area contributed by atoms with Gasteiger partial charge in [-0.05, 0) is 40.8 Å². The van der Waals surface area contributed by atoms with Crippen molar-refractivity contribution in [1.29, 1.82) is 0 Å². The monoisotopic (exact) mass is 515 g/mol. The molecule has 4 rings (SSSR count). The second kappa shape index (κ2) is 10.2. The molecule has 0 N–H and O–H groups in total. The molecule has 9 heteroatoms. The minimum absolute atomic E-state index is 0.0140. The minimum Gasteiger partial charge on any atom is -0.493 e. The van der Waals surface area contributed by atoms with Crippen LogP contribution in [0, 0.1) is 0 Å². The molecular formula is C26H33N3O4S2. The largest absolute Gasteiger partial charge is 0.493 e. The van der Waals surface area contributed by atoms with Crippen molar-refractivity contribution in [2.75, 3.05) is 45.3 Å². The second-order valence-electron chi connectivity index (χ2n) is 9.65. The van der Waals surface area contributed by atoms with Crippen LogP contribution in [-0.2, 0) is 21.9 Å². The number of ether oxygens (including phenoxy) is 2. The van der Waals surface area contributed by atoms with Crippen LogP contribution in [0.4, 0.5) is 5.13 Å². The van der Waals surface area contributed by atoms with Crippen LogP contribution in [0.2, 0.25) is 0 Å². The maximum atomic E-state index is 13.2. The van der Waals surface area contributed by atoms with Gasteiger partial charge in [0.25, 0.3) is 0 Å². The molecule has 2 aromatic carbocycles. The van der Waals surface area contributed by atoms with Crippen molar-refractivity contribution < 1.29 is 17.9 Å². The highest BCUT2D eigenvalue weighted by atomic mass is 32.2. The molecule has 0 saturated carbocycles. The van der Waals surface area contributed by atoms with E-state index in [0.717, 1.165) is 22.0 Å². The van der Waals surface area contributed by atoms with E-state index in [2.05, 4.69) is 31.1 Å². The van der Waals surface area contributed by atoms with Gasteiger partial charge in [-0.2, -0.15) is 4.31 Å². The SMILES string of the molecule is COc1ccc(Cc2csc(N3CCN(S(=O)(=O)c4ccc(C(C)(C)C)cc4)CC3)n2)cc1OC. The Morgan fingerprint density at radius 2 is 1.60 bits per heavy atom. The van der Waals surface area contributed by atoms with E-state index in [0.29, 0.717) is 49.0 Å². The van der Waals surface area contributed by atoms with Gasteiger partial charge in [-0.1, -0.05) is 39.0 Å². The summed E-state index contributed by atoms with van der Waals surface area (Å²) in [5.74, 6) is 1.40. The number of aromatic nitrogens is 1. The van der Waals surface area contributed by atoms with Crippen LogP contribution in [-0.4, -0.2) is 58.1 Å². The number of thiazole rings is 1. The molecule has 1 aliphatic heterocycles. The molecular weight excluding hydrogens is 482 g/mol. The lowest BCUT2D eigenvalue weighted by Gasteiger charge is -2.33. The number of rotatable bonds is 7. The second-order valence-corrected chi connectivity index (χ2v) is 12.4. The van der Waals surface area contributed by atoms with E-state index in [4.69, 9.17) is 14.5 Å². The van der Waals surface area contributed by atoms with Crippen LogP contribution >= 0.6 is 11.3 Å². The molecule has 188 valence electrons. The van der Waals surface area contributed by atoms with Crippen molar-refractivity contribution in [3.8, 4) is 11.5 Å². The van der Waals surface area contributed by atoms with E-state index in [1.54, 1.807) is 42.0 Å². The fourth-order valence-electron chi connectivity index (χ4n) is 4.12. The van der Waals surface area contributed by atoms with E-state index in [1.165, 1.54) is 0 Å². The molecule has 0 radical (unpaired) electrons. The highest BCUT2D eigenvalue weighted by molar-refractivity contribution is 7.89. The smallest absolute Gasteiger partial charge is 0.243 e. The molecule has 0 bridgehead atoms. The average Bonchev–Trinajstić information content (AvgIpc) is 3.32. The maximum Gasteiger partial charge on any atom is 0.243 e. The molecule has 1 fully saturated rings. The average molecular weight is 516 g/mol. The van der Waals surface area contributed by atoms with Crippen molar-refractivity contribution in [2.24, 2.45) is 0 Å². The van der Waals surface area contributed by atoms with E-state index >= 15 is 0 Å². The molecule has 7 nitrogen and oxygen atoms in total. The summed E-state index contributed by atoms with van der Waals surface area (Å²) < 4.78 is 38.6. The molecule has 0 spiro atoms. The van der Waals surface area contributed by atoms with Gasteiger partial charge in [0.15, 0.2) is 16.6 Å². The van der Waals surface area contributed by atoms with Crippen LogP contribution in [0.5, 0.6) is 11.5 Å². The molecule has 3 aromatic rings. The number of hydrogen-bond donors (Lipinski definition) is 0. The zero-order chi connectivity index (χ0) is 25.2. The molecule has 1 aliphatic rings. The lowest BCUT2D eigenvalue weighted by Crippen LogP contribution is -2.48. The number of benzene rings is 2. The van der Waals surface area contributed by atoms with Crippen molar-refractivity contribution in [2.45, 2.75) is 37.5 Å². The van der Waals surface area contributed by atoms with E-state index in [1.807, 2.05) is 30.3 Å². The summed E-state index contributed by atoms with van der Waals surface area (Å²) in [6.07, 6.45) is 0.690. The van der Waals surface area contributed by atoms with Gasteiger partial charge < -0.3 is 14.4 Å². The first kappa shape index (κ1) is 25.5. The fraction of sp³-hybridized carbons (Fsp3) is 0.423. The van der Waals surface area contributed by atoms with Gasteiger partial charge >= 0.3 is 0 Å². The van der Waals surface area contributed by atoms with Gasteiger partial charge in [0.05, 0.1) is 24.8 Å². The minimum atomic E-state index is -3.51. The summed E-state index contributed by atoms with van der Waals surface area (Å²) in [6, 6.07) is 13.2. The van der Waals surface area contributed by atoms with Gasteiger partial charge in [0.2, 0.25) is 10.0 Å². The van der Waals surface area contributed by atoms with E-state index in [-0.39, 0.29) is 5.41 Å². The summed E-state index contributed by atoms with van der Waals surface area (Å²) in [6.45, 7) is 8.46. The standard InChI is InChI=1S/C26H33N3O4S2/c1-26(2,3)20-7-9-22(10-8-20)35(30,31)29-14-12-28(13-15-29)25-27-21(18-34-25)16-19-6-11-23(32-4)24(17-19)33-5/h6-11,17-18H,12-16H2,1-5H3. The lowest BCUT2D eigenvalue weighted by atomic mass is 9.87. The highest BCUT2D eigenvalue weighted by Gasteiger charge is 2.29. The Bertz CT molecular complexity index is 1260. The quantitative estimate of drug-likeness (QED) is 0.459. The first-order valence-electron chi connectivity index (χ1n) is 11.6. The van der Waals surface area contributed by atoms with Crippen molar-refractivity contribution in [1.82, 2.24) is 9.29 Å². The predicted molar refractivity (Wildman–Crippen MR) is 141 cm³/mol. The molecule has 0 unspecified atom stereocenters. The zero-order valence-electron chi connectivity index (χ0n) is 20.9. The van der Waals surface area contributed by atoms with Crippen molar-refractivity contribution in [3.63, 3.8) is 0 Å². The fourth-order valence-corrected chi connectivity index (χ4v) is 6.42. The summed E-state index contributed by atoms with van der Waals surface area (Å²) in [5.41, 5.74) is 3.17. The van der Waals surface area contributed by atoms with Crippen LogP contribution in [0.25, 0.3) is 0 Å². The first-order chi connectivity index (χ1) is 16.6. The number of anilines is 1. The third-order valence-electron chi connectivity index (χ3n) is 6.24. The molecule has 35 heavy (non-hydrogen) atoms. The van der Waals surface area contributed by atoms with Gasteiger partial charge in [0.1, 0.15) is 0 Å². The summed E-state index contributed by atoms with van der Waals surface area (Å²) >= 11 is 1.59. The third kappa shape index (κ3) is 5.63. The molecule has 0 atom stereocenters. The Hall–Kier alpha value is -2.62. The van der Waals surface area contributed by atoms with Crippen LogP contribution in [0.15, 0.2) is 52.7 Å². The third-order valence-corrected chi connectivity index (χ3v) is 9.10. The van der Waals surface area contributed by atoms with E-state index in [9.17, 15) is 8.42 Å². The molecule has 1 saturated heterocycles. The molecule has 0 aliphatic carbocycles. The van der Waals surface area contributed by atoms with Gasteiger partial charge in [0, 0.05) is 38.0 Å². The highest BCUT2D eigenvalue weighted by Crippen LogP contribution is 2.30. The Labute approximate surface area is 212 Å². The lowest BCUT2D eigenvalue weighted by molar-refractivity contribution is 0.354. The van der Waals surface area contributed by atoms with Crippen LogP contribution < -0.4 is 14.4 Å². The van der Waals surface area contributed by atoms with Gasteiger partial charge in [-0.3, -0.25) is 0 Å². The summed E-state index contributed by atoms with van der Waals surface area (Å²) in [5, 5.41) is 2.98. The number of hydrogen-bond acceptors (Lipinski definition) is 7. The Morgan fingerprint density at radius 1 is 0.943 bits per heavy atom. The summed E-state index contributed by atoms with van der Waals surface area (Å²) in [7, 11) is -0.259. The Balaban J connectivity index is 1.39. The van der Waals surface area contributed by atoms with Crippen molar-refractivity contribution in [3.05, 3.63) is 64.7 Å². The van der Waals surface area contributed by atoms with Crippen LogP contribution in [0.3, 0.4) is 0 Å². The topological polar surface area (TPSA) is 72.0 Å². The van der Waals surface area contributed by atoms with Crippen molar-refractivity contribution >= 4 is 26.5 Å². The number of methoxy groups -OCH3 is 2. The predicted octanol–water partition coefficient (Wildman–Crippen LogP) is 4.56. The number of piperazine rings is 1. The summed E-state index contributed by atoms with van der Waals surface area (Å²) in [4.78, 5) is 7.33. The molecule has 2 heterocycles. The van der Waals surface area contributed by atoms with Crippen LogP contribution in [0.1, 0.15) is 37.6 Å². The van der Waals surface area contributed by atoms with Gasteiger partial charge in [-0.25, -0.2) is 13.4 Å². The molecule has 0 amide bonds. The van der Waals surface area contributed by atoms with Gasteiger partial charge in [-0.15, -0.1) is 11.3 Å². The number of sulfonamides is 1. The normalized spacial score (nSPS) is 15.3. The molecule has 1 aromatic heterocycles. The Morgan fingerprint density at radius 3 is 2.20 bits per heavy atom. The first-order valence-corrected chi connectivity index (χ1v) is 13.9. The maximum absolute atomic E-state index is 13.2. The van der Waals surface area contributed by atoms with E-state index < -0.39 is 10.0 Å². The zero-order valence-corrected chi connectivity index (χ0v) is 22.6. The number of nitrogens with zero attached hydrogens (tertiary/aromatic N) is 3. The Kier molecular flexibility index (Phi) is 7.40.